The number of hydrogen-bond acceptors (Lipinski definition) is 3. The lowest BCUT2D eigenvalue weighted by Gasteiger charge is -2.16. The lowest BCUT2D eigenvalue weighted by Crippen LogP contribution is -2.38. The lowest BCUT2D eigenvalue weighted by molar-refractivity contribution is 0.441. The molecular formula is C17H20FIN4O. The highest BCUT2D eigenvalue weighted by molar-refractivity contribution is 14.0. The average molecular weight is 442 g/mol. The fourth-order valence-electron chi connectivity index (χ4n) is 2.10. The highest BCUT2D eigenvalue weighted by atomic mass is 127. The zero-order chi connectivity index (χ0) is 16.8. The van der Waals surface area contributed by atoms with Crippen LogP contribution in [0.3, 0.4) is 0 Å². The van der Waals surface area contributed by atoms with Gasteiger partial charge in [0.25, 0.3) is 0 Å². The van der Waals surface area contributed by atoms with E-state index in [2.05, 4.69) is 15.6 Å². The molecule has 1 atom stereocenters. The second-order valence-corrected chi connectivity index (χ2v) is 5.16. The van der Waals surface area contributed by atoms with Crippen molar-refractivity contribution in [3.8, 4) is 6.07 Å². The Kier molecular flexibility index (Phi) is 7.71. The van der Waals surface area contributed by atoms with Crippen LogP contribution in [0.4, 0.5) is 4.39 Å². The number of hydrogen-bond donors (Lipinski definition) is 2. The summed E-state index contributed by atoms with van der Waals surface area (Å²) in [5, 5.41) is 15.0. The van der Waals surface area contributed by atoms with Crippen molar-refractivity contribution in [1.82, 2.24) is 10.6 Å². The molecule has 0 aliphatic carbocycles. The Balaban J connectivity index is 0.00000288. The Morgan fingerprint density at radius 2 is 2.12 bits per heavy atom. The van der Waals surface area contributed by atoms with Gasteiger partial charge in [-0.05, 0) is 38.1 Å². The number of nitrogens with zero attached hydrogens (tertiary/aromatic N) is 2. The van der Waals surface area contributed by atoms with E-state index in [4.69, 9.17) is 9.68 Å². The predicted octanol–water partition coefficient (Wildman–Crippen LogP) is 3.64. The average Bonchev–Trinajstić information content (AvgIpc) is 2.98. The molecule has 0 fully saturated rings. The van der Waals surface area contributed by atoms with E-state index >= 15 is 0 Å². The van der Waals surface area contributed by atoms with E-state index in [1.54, 1.807) is 19.2 Å². The molecule has 2 N–H and O–H groups in total. The van der Waals surface area contributed by atoms with Gasteiger partial charge < -0.3 is 15.1 Å². The van der Waals surface area contributed by atoms with Gasteiger partial charge >= 0.3 is 0 Å². The number of aryl methyl sites for hydroxylation is 1. The first-order chi connectivity index (χ1) is 11.0. The second-order valence-electron chi connectivity index (χ2n) is 5.16. The zero-order valence-corrected chi connectivity index (χ0v) is 16.1. The molecular weight excluding hydrogens is 422 g/mol. The summed E-state index contributed by atoms with van der Waals surface area (Å²) in [6.45, 7) is 4.10. The molecule has 5 nitrogen and oxygen atoms in total. The monoisotopic (exact) mass is 442 g/mol. The maximum Gasteiger partial charge on any atom is 0.191 e. The molecule has 0 spiro atoms. The first-order valence-electron chi connectivity index (χ1n) is 7.25. The van der Waals surface area contributed by atoms with Crippen molar-refractivity contribution in [2.24, 2.45) is 4.99 Å². The molecule has 1 aromatic heterocycles. The quantitative estimate of drug-likeness (QED) is 0.431. The maximum atomic E-state index is 13.9. The molecule has 1 aromatic carbocycles. The molecule has 1 unspecified atom stereocenters. The normalized spacial score (nSPS) is 12.0. The van der Waals surface area contributed by atoms with Gasteiger partial charge in [0.2, 0.25) is 0 Å². The van der Waals surface area contributed by atoms with Crippen molar-refractivity contribution in [2.45, 2.75) is 26.4 Å². The number of halogens is 2. The third kappa shape index (κ3) is 5.23. The molecule has 0 saturated heterocycles. The summed E-state index contributed by atoms with van der Waals surface area (Å²) in [5.41, 5.74) is 0.768. The van der Waals surface area contributed by atoms with Crippen LogP contribution in [0, 0.1) is 24.1 Å². The van der Waals surface area contributed by atoms with Crippen LogP contribution in [0.5, 0.6) is 0 Å². The van der Waals surface area contributed by atoms with Crippen LogP contribution in [0.15, 0.2) is 39.7 Å². The highest BCUT2D eigenvalue weighted by Crippen LogP contribution is 2.15. The molecule has 24 heavy (non-hydrogen) atoms. The Labute approximate surface area is 158 Å². The largest absolute Gasteiger partial charge is 0.464 e. The van der Waals surface area contributed by atoms with Crippen LogP contribution in [0.25, 0.3) is 0 Å². The number of nitriles is 1. The Bertz CT molecular complexity index is 751. The van der Waals surface area contributed by atoms with E-state index < -0.39 is 5.82 Å². The minimum atomic E-state index is -0.415. The standard InChI is InChI=1S/C17H19FN4O.HI/c1-11-4-7-16(23-11)12(2)22-17(20-3)21-10-14-6-5-13(9-19)8-15(14)18;/h4-8,12H,10H2,1-3H3,(H2,20,21,22);1H. The van der Waals surface area contributed by atoms with Gasteiger partial charge in [-0.1, -0.05) is 6.07 Å². The molecule has 2 rings (SSSR count). The van der Waals surface area contributed by atoms with E-state index in [9.17, 15) is 4.39 Å². The van der Waals surface area contributed by atoms with Crippen LogP contribution in [-0.2, 0) is 6.54 Å². The number of guanidine groups is 1. The van der Waals surface area contributed by atoms with E-state index in [0.717, 1.165) is 11.5 Å². The van der Waals surface area contributed by atoms with Crippen LogP contribution in [-0.4, -0.2) is 13.0 Å². The molecule has 1 heterocycles. The maximum absolute atomic E-state index is 13.9. The van der Waals surface area contributed by atoms with Crippen molar-refractivity contribution in [3.05, 3.63) is 58.8 Å². The van der Waals surface area contributed by atoms with Crippen molar-refractivity contribution < 1.29 is 8.81 Å². The number of furan rings is 1. The van der Waals surface area contributed by atoms with Crippen molar-refractivity contribution in [3.63, 3.8) is 0 Å². The van der Waals surface area contributed by atoms with Crippen LogP contribution in [0.1, 0.15) is 35.6 Å². The van der Waals surface area contributed by atoms with Gasteiger partial charge in [0.1, 0.15) is 17.3 Å². The SMILES string of the molecule is CN=C(NCc1ccc(C#N)cc1F)NC(C)c1ccc(C)o1.I. The number of aliphatic imine (C=N–C) groups is 1. The predicted molar refractivity (Wildman–Crippen MR) is 102 cm³/mol. The van der Waals surface area contributed by atoms with Gasteiger partial charge in [-0.25, -0.2) is 4.39 Å². The lowest BCUT2D eigenvalue weighted by atomic mass is 10.1. The van der Waals surface area contributed by atoms with Gasteiger partial charge in [0.15, 0.2) is 5.96 Å². The van der Waals surface area contributed by atoms with Gasteiger partial charge in [-0.2, -0.15) is 5.26 Å². The van der Waals surface area contributed by atoms with Gasteiger partial charge in [0.05, 0.1) is 17.7 Å². The molecule has 0 radical (unpaired) electrons. The smallest absolute Gasteiger partial charge is 0.191 e. The Morgan fingerprint density at radius 1 is 1.38 bits per heavy atom. The summed E-state index contributed by atoms with van der Waals surface area (Å²) in [7, 11) is 1.64. The van der Waals surface area contributed by atoms with Gasteiger partial charge in [0, 0.05) is 19.2 Å². The molecule has 0 amide bonds. The molecule has 0 aliphatic rings. The van der Waals surface area contributed by atoms with Crippen molar-refractivity contribution in [2.75, 3.05) is 7.05 Å². The first kappa shape index (κ1) is 20.0. The summed E-state index contributed by atoms with van der Waals surface area (Å²) in [6, 6.07) is 10.0. The van der Waals surface area contributed by atoms with Crippen LogP contribution in [0.2, 0.25) is 0 Å². The third-order valence-electron chi connectivity index (χ3n) is 3.39. The molecule has 0 saturated carbocycles. The Hall–Kier alpha value is -2.08. The summed E-state index contributed by atoms with van der Waals surface area (Å²) in [6.07, 6.45) is 0. The number of nitrogens with one attached hydrogen (secondary N) is 2. The summed E-state index contributed by atoms with van der Waals surface area (Å²) < 4.78 is 19.4. The topological polar surface area (TPSA) is 73.3 Å². The van der Waals surface area contributed by atoms with E-state index in [1.807, 2.05) is 32.0 Å². The van der Waals surface area contributed by atoms with E-state index in [-0.39, 0.29) is 36.6 Å². The van der Waals surface area contributed by atoms with E-state index in [0.29, 0.717) is 17.1 Å². The number of benzene rings is 1. The molecule has 0 aliphatic heterocycles. The molecule has 7 heteroatoms. The first-order valence-corrected chi connectivity index (χ1v) is 7.25. The van der Waals surface area contributed by atoms with Crippen LogP contribution >= 0.6 is 24.0 Å². The molecule has 2 aromatic rings. The zero-order valence-electron chi connectivity index (χ0n) is 13.8. The highest BCUT2D eigenvalue weighted by Gasteiger charge is 2.12. The molecule has 0 bridgehead atoms. The molecule has 128 valence electrons. The van der Waals surface area contributed by atoms with Crippen molar-refractivity contribution in [1.29, 1.82) is 5.26 Å². The number of rotatable bonds is 4. The minimum absolute atomic E-state index is 0. The summed E-state index contributed by atoms with van der Waals surface area (Å²) in [5.74, 6) is 1.77. The van der Waals surface area contributed by atoms with Gasteiger partial charge in [-0.15, -0.1) is 24.0 Å². The fourth-order valence-corrected chi connectivity index (χ4v) is 2.10. The third-order valence-corrected chi connectivity index (χ3v) is 3.39. The second kappa shape index (κ2) is 9.27. The van der Waals surface area contributed by atoms with Gasteiger partial charge in [-0.3, -0.25) is 4.99 Å². The summed E-state index contributed by atoms with van der Waals surface area (Å²) in [4.78, 5) is 4.12. The minimum Gasteiger partial charge on any atom is -0.464 e. The fraction of sp³-hybridized carbons (Fsp3) is 0.294. The Morgan fingerprint density at radius 3 is 2.67 bits per heavy atom. The van der Waals surface area contributed by atoms with E-state index in [1.165, 1.54) is 6.07 Å². The summed E-state index contributed by atoms with van der Waals surface area (Å²) >= 11 is 0. The van der Waals surface area contributed by atoms with Crippen LogP contribution < -0.4 is 10.6 Å². The van der Waals surface area contributed by atoms with Crippen molar-refractivity contribution >= 4 is 29.9 Å².